The van der Waals surface area contributed by atoms with Crippen molar-refractivity contribution in [3.63, 3.8) is 0 Å². The fourth-order valence-electron chi connectivity index (χ4n) is 1.27. The second-order valence-electron chi connectivity index (χ2n) is 2.99. The lowest BCUT2D eigenvalue weighted by atomic mass is 10.5. The van der Waals surface area contributed by atoms with Crippen molar-refractivity contribution in [2.24, 2.45) is 0 Å². The van der Waals surface area contributed by atoms with Gasteiger partial charge in [-0.05, 0) is 6.92 Å². The molecule has 0 atom stereocenters. The number of imidazole rings is 1. The molecule has 0 aliphatic rings. The molecule has 2 rings (SSSR count). The molecule has 0 unspecified atom stereocenters. The Bertz CT molecular complexity index is 515. The lowest BCUT2D eigenvalue weighted by Crippen LogP contribution is -2.24. The van der Waals surface area contributed by atoms with Crippen LogP contribution in [-0.2, 0) is 13.1 Å². The van der Waals surface area contributed by atoms with E-state index in [1.165, 1.54) is 0 Å². The van der Waals surface area contributed by atoms with Crippen LogP contribution in [0.25, 0.3) is 0 Å². The van der Waals surface area contributed by atoms with E-state index in [1.54, 1.807) is 21.5 Å². The maximum Gasteiger partial charge on any atom is 0.328 e. The molecular formula is C8H9ClN4OS. The summed E-state index contributed by atoms with van der Waals surface area (Å²) in [6.07, 6.45) is 3.47. The Kier molecular flexibility index (Phi) is 2.88. The van der Waals surface area contributed by atoms with Gasteiger partial charge in [-0.1, -0.05) is 16.1 Å². The van der Waals surface area contributed by atoms with Crippen molar-refractivity contribution in [3.8, 4) is 0 Å². The summed E-state index contributed by atoms with van der Waals surface area (Å²) in [6, 6.07) is 0. The van der Waals surface area contributed by atoms with Crippen molar-refractivity contribution < 1.29 is 0 Å². The van der Waals surface area contributed by atoms with E-state index >= 15 is 0 Å². The fraction of sp³-hybridized carbons (Fsp3) is 0.375. The molecule has 0 N–H and O–H groups in total. The Balaban J connectivity index is 2.29. The van der Waals surface area contributed by atoms with Crippen LogP contribution in [0.4, 0.5) is 0 Å². The van der Waals surface area contributed by atoms with Crippen LogP contribution in [-0.4, -0.2) is 18.7 Å². The van der Waals surface area contributed by atoms with Crippen molar-refractivity contribution in [2.45, 2.75) is 20.0 Å². The van der Waals surface area contributed by atoms with E-state index in [0.717, 1.165) is 11.5 Å². The molecular weight excluding hydrogens is 236 g/mol. The molecule has 0 radical (unpaired) electrons. The summed E-state index contributed by atoms with van der Waals surface area (Å²) < 4.78 is 7.43. The number of rotatable bonds is 3. The van der Waals surface area contributed by atoms with Crippen molar-refractivity contribution >= 4 is 23.1 Å². The van der Waals surface area contributed by atoms with Crippen LogP contribution < -0.4 is 5.69 Å². The third-order valence-electron chi connectivity index (χ3n) is 2.09. The maximum atomic E-state index is 11.7. The van der Waals surface area contributed by atoms with Crippen LogP contribution >= 0.6 is 23.1 Å². The van der Waals surface area contributed by atoms with Crippen LogP contribution in [0.15, 0.2) is 17.2 Å². The van der Waals surface area contributed by atoms with E-state index < -0.39 is 0 Å². The summed E-state index contributed by atoms with van der Waals surface area (Å²) >= 11 is 6.98. The summed E-state index contributed by atoms with van der Waals surface area (Å²) in [6.45, 7) is 2.96. The first-order chi connectivity index (χ1) is 7.22. The van der Waals surface area contributed by atoms with Gasteiger partial charge < -0.3 is 0 Å². The lowest BCUT2D eigenvalue weighted by Gasteiger charge is -1.97. The smallest absolute Gasteiger partial charge is 0.300 e. The van der Waals surface area contributed by atoms with Gasteiger partial charge in [0.25, 0.3) is 0 Å². The van der Waals surface area contributed by atoms with Gasteiger partial charge in [-0.2, -0.15) is 0 Å². The molecule has 80 valence electrons. The van der Waals surface area contributed by atoms with Gasteiger partial charge in [-0.3, -0.25) is 9.13 Å². The van der Waals surface area contributed by atoms with E-state index in [2.05, 4.69) is 9.59 Å². The number of aromatic nitrogens is 4. The first kappa shape index (κ1) is 10.4. The second-order valence-corrected chi connectivity index (χ2v) is 4.34. The molecule has 0 saturated heterocycles. The number of aryl methyl sites for hydroxylation is 1. The summed E-state index contributed by atoms with van der Waals surface area (Å²) in [5.41, 5.74) is 0.583. The highest BCUT2D eigenvalue weighted by Crippen LogP contribution is 2.17. The second kappa shape index (κ2) is 4.16. The Labute approximate surface area is 95.1 Å². The highest BCUT2D eigenvalue weighted by Gasteiger charge is 2.08. The van der Waals surface area contributed by atoms with Gasteiger partial charge in [-0.15, -0.1) is 5.10 Å². The maximum absolute atomic E-state index is 11.7. The topological polar surface area (TPSA) is 52.7 Å². The SMILES string of the molecule is CCn1ccn(Cc2nnsc2Cl)c1=O. The molecule has 0 spiro atoms. The molecule has 0 aliphatic heterocycles. The van der Waals surface area contributed by atoms with E-state index in [-0.39, 0.29) is 5.69 Å². The highest BCUT2D eigenvalue weighted by molar-refractivity contribution is 7.10. The van der Waals surface area contributed by atoms with E-state index in [4.69, 9.17) is 11.6 Å². The molecule has 7 heteroatoms. The summed E-state index contributed by atoms with van der Waals surface area (Å²) in [4.78, 5) is 11.7. The van der Waals surface area contributed by atoms with Crippen LogP contribution in [0.2, 0.25) is 4.34 Å². The molecule has 0 fully saturated rings. The molecule has 0 aromatic carbocycles. The van der Waals surface area contributed by atoms with Crippen molar-refractivity contribution in [2.75, 3.05) is 0 Å². The first-order valence-electron chi connectivity index (χ1n) is 4.44. The van der Waals surface area contributed by atoms with E-state index in [0.29, 0.717) is 23.1 Å². The predicted molar refractivity (Wildman–Crippen MR) is 58.4 cm³/mol. The van der Waals surface area contributed by atoms with Crippen molar-refractivity contribution in [1.82, 2.24) is 18.7 Å². The summed E-state index contributed by atoms with van der Waals surface area (Å²) in [5, 5.41) is 3.85. The lowest BCUT2D eigenvalue weighted by molar-refractivity contribution is 0.661. The van der Waals surface area contributed by atoms with Crippen molar-refractivity contribution in [1.29, 1.82) is 0 Å². The molecule has 0 aliphatic carbocycles. The normalized spacial score (nSPS) is 10.8. The quantitative estimate of drug-likeness (QED) is 0.816. The Morgan fingerprint density at radius 3 is 2.73 bits per heavy atom. The van der Waals surface area contributed by atoms with Crippen LogP contribution in [0.1, 0.15) is 12.6 Å². The zero-order chi connectivity index (χ0) is 10.8. The van der Waals surface area contributed by atoms with Gasteiger partial charge in [0, 0.05) is 30.5 Å². The molecule has 0 bridgehead atoms. The highest BCUT2D eigenvalue weighted by atomic mass is 35.5. The van der Waals surface area contributed by atoms with Gasteiger partial charge in [-0.25, -0.2) is 4.79 Å². The van der Waals surface area contributed by atoms with E-state index in [1.807, 2.05) is 6.92 Å². The summed E-state index contributed by atoms with van der Waals surface area (Å²) in [5.74, 6) is 0. The standard InChI is InChI=1S/C8H9ClN4OS/c1-2-12-3-4-13(8(12)14)5-6-7(9)15-11-10-6/h3-4H,2,5H2,1H3. The molecule has 2 heterocycles. The fourth-order valence-corrected chi connectivity index (χ4v) is 1.88. The van der Waals surface area contributed by atoms with Crippen LogP contribution in [0, 0.1) is 0 Å². The van der Waals surface area contributed by atoms with Gasteiger partial charge in [0.05, 0.1) is 6.54 Å². The van der Waals surface area contributed by atoms with E-state index in [9.17, 15) is 4.79 Å². The minimum atomic E-state index is -0.0541. The third kappa shape index (κ3) is 1.95. The Morgan fingerprint density at radius 2 is 2.20 bits per heavy atom. The van der Waals surface area contributed by atoms with Gasteiger partial charge in [0.2, 0.25) is 0 Å². The zero-order valence-corrected chi connectivity index (χ0v) is 9.62. The average Bonchev–Trinajstić information content (AvgIpc) is 2.77. The first-order valence-corrected chi connectivity index (χ1v) is 5.59. The monoisotopic (exact) mass is 244 g/mol. The minimum absolute atomic E-state index is 0.0541. The number of halogens is 1. The largest absolute Gasteiger partial charge is 0.328 e. The van der Waals surface area contributed by atoms with Gasteiger partial charge in [0.1, 0.15) is 10.0 Å². The average molecular weight is 245 g/mol. The zero-order valence-electron chi connectivity index (χ0n) is 8.05. The van der Waals surface area contributed by atoms with Crippen LogP contribution in [0.5, 0.6) is 0 Å². The molecule has 5 nitrogen and oxygen atoms in total. The summed E-state index contributed by atoms with van der Waals surface area (Å²) in [7, 11) is 0. The number of hydrogen-bond acceptors (Lipinski definition) is 4. The number of hydrogen-bond donors (Lipinski definition) is 0. The molecule has 0 saturated carbocycles. The third-order valence-corrected chi connectivity index (χ3v) is 3.07. The molecule has 15 heavy (non-hydrogen) atoms. The van der Waals surface area contributed by atoms with Crippen LogP contribution in [0.3, 0.4) is 0 Å². The van der Waals surface area contributed by atoms with Gasteiger partial charge in [0.15, 0.2) is 0 Å². The minimum Gasteiger partial charge on any atom is -0.300 e. The molecule has 0 amide bonds. The van der Waals surface area contributed by atoms with Gasteiger partial charge >= 0.3 is 5.69 Å². The predicted octanol–water partition coefficient (Wildman–Crippen LogP) is 1.22. The number of nitrogens with zero attached hydrogens (tertiary/aromatic N) is 4. The molecule has 2 aromatic heterocycles. The van der Waals surface area contributed by atoms with Crippen molar-refractivity contribution in [3.05, 3.63) is 32.9 Å². The Hall–Kier alpha value is -1.14. The molecule has 2 aromatic rings. The Morgan fingerprint density at radius 1 is 1.47 bits per heavy atom.